The van der Waals surface area contributed by atoms with Crippen molar-refractivity contribution in [3.63, 3.8) is 0 Å². The van der Waals surface area contributed by atoms with Crippen molar-refractivity contribution < 1.29 is 19.1 Å². The van der Waals surface area contributed by atoms with E-state index >= 15 is 0 Å². The lowest BCUT2D eigenvalue weighted by Gasteiger charge is -2.34. The first-order chi connectivity index (χ1) is 9.45. The normalized spacial score (nSPS) is 19.7. The van der Waals surface area contributed by atoms with E-state index in [1.165, 1.54) is 12.1 Å². The summed E-state index contributed by atoms with van der Waals surface area (Å²) in [6.45, 7) is 1.23. The molecule has 1 heterocycles. The third-order valence-corrected chi connectivity index (χ3v) is 3.34. The van der Waals surface area contributed by atoms with Gasteiger partial charge in [0.05, 0.1) is 6.42 Å². The fourth-order valence-electron chi connectivity index (χ4n) is 2.28. The van der Waals surface area contributed by atoms with Crippen molar-refractivity contribution in [2.24, 2.45) is 0 Å². The molecule has 1 aromatic carbocycles. The summed E-state index contributed by atoms with van der Waals surface area (Å²) >= 11 is 5.79. The Morgan fingerprint density at radius 2 is 2.25 bits per heavy atom. The van der Waals surface area contributed by atoms with Gasteiger partial charge in [-0.15, -0.1) is 0 Å². The van der Waals surface area contributed by atoms with Crippen molar-refractivity contribution in [3.8, 4) is 0 Å². The zero-order chi connectivity index (χ0) is 14.7. The third kappa shape index (κ3) is 3.68. The zero-order valence-corrected chi connectivity index (χ0v) is 11.4. The molecule has 0 spiro atoms. The van der Waals surface area contributed by atoms with E-state index in [-0.39, 0.29) is 23.9 Å². The minimum Gasteiger partial charge on any atom is -0.481 e. The second kappa shape index (κ2) is 6.19. The Labute approximate surface area is 120 Å². The van der Waals surface area contributed by atoms with Gasteiger partial charge < -0.3 is 10.4 Å². The Morgan fingerprint density at radius 1 is 1.50 bits per heavy atom. The van der Waals surface area contributed by atoms with Crippen molar-refractivity contribution in [2.75, 3.05) is 13.1 Å². The van der Waals surface area contributed by atoms with E-state index < -0.39 is 17.8 Å². The van der Waals surface area contributed by atoms with E-state index in [4.69, 9.17) is 16.7 Å². The van der Waals surface area contributed by atoms with Gasteiger partial charge in [0, 0.05) is 24.7 Å². The molecule has 5 nitrogen and oxygen atoms in total. The lowest BCUT2D eigenvalue weighted by Crippen LogP contribution is -2.55. The van der Waals surface area contributed by atoms with Crippen LogP contribution in [0.1, 0.15) is 12.0 Å². The van der Waals surface area contributed by atoms with Crippen LogP contribution >= 0.6 is 11.6 Å². The first-order valence-corrected chi connectivity index (χ1v) is 6.52. The number of carboxylic acids is 1. The lowest BCUT2D eigenvalue weighted by molar-refractivity contribution is -0.143. The zero-order valence-electron chi connectivity index (χ0n) is 10.6. The lowest BCUT2D eigenvalue weighted by atomic mass is 10.1. The molecule has 2 rings (SSSR count). The van der Waals surface area contributed by atoms with E-state index in [1.54, 1.807) is 11.0 Å². The summed E-state index contributed by atoms with van der Waals surface area (Å²) in [5, 5.41) is 11.8. The molecule has 1 atom stereocenters. The van der Waals surface area contributed by atoms with Crippen molar-refractivity contribution in [3.05, 3.63) is 34.6 Å². The maximum absolute atomic E-state index is 13.3. The summed E-state index contributed by atoms with van der Waals surface area (Å²) in [4.78, 5) is 24.3. The minimum absolute atomic E-state index is 0.274. The molecular formula is C13H14ClFN2O3. The van der Waals surface area contributed by atoms with E-state index in [9.17, 15) is 14.0 Å². The van der Waals surface area contributed by atoms with Crippen LogP contribution in [0.15, 0.2) is 18.2 Å². The van der Waals surface area contributed by atoms with Gasteiger partial charge in [0.1, 0.15) is 11.9 Å². The fourth-order valence-corrected chi connectivity index (χ4v) is 2.52. The van der Waals surface area contributed by atoms with Crippen LogP contribution in [0, 0.1) is 5.82 Å². The number of amides is 1. The van der Waals surface area contributed by atoms with Crippen LogP contribution in [0.3, 0.4) is 0 Å². The molecule has 2 N–H and O–H groups in total. The number of halogens is 2. The fraction of sp³-hybridized carbons (Fsp3) is 0.385. The van der Waals surface area contributed by atoms with E-state index in [0.29, 0.717) is 18.7 Å². The Bertz CT molecular complexity index is 518. The van der Waals surface area contributed by atoms with Gasteiger partial charge in [0.25, 0.3) is 0 Å². The van der Waals surface area contributed by atoms with Crippen LogP contribution in [0.2, 0.25) is 5.02 Å². The van der Waals surface area contributed by atoms with Crippen LogP contribution in [0.4, 0.5) is 4.39 Å². The van der Waals surface area contributed by atoms with Crippen molar-refractivity contribution >= 4 is 23.5 Å². The minimum atomic E-state index is -1.05. The summed E-state index contributed by atoms with van der Waals surface area (Å²) in [5.74, 6) is -1.82. The highest BCUT2D eigenvalue weighted by molar-refractivity contribution is 6.30. The highest BCUT2D eigenvalue weighted by atomic mass is 35.5. The highest BCUT2D eigenvalue weighted by Gasteiger charge is 2.31. The number of aliphatic carboxylic acids is 1. The molecule has 1 saturated heterocycles. The molecule has 0 aliphatic carbocycles. The molecule has 1 fully saturated rings. The summed E-state index contributed by atoms with van der Waals surface area (Å²) in [7, 11) is 0. The summed E-state index contributed by atoms with van der Waals surface area (Å²) < 4.78 is 13.3. The molecule has 7 heteroatoms. The molecule has 108 valence electrons. The quantitative estimate of drug-likeness (QED) is 0.878. The second-order valence-corrected chi connectivity index (χ2v) is 5.09. The number of piperazine rings is 1. The third-order valence-electron chi connectivity index (χ3n) is 3.12. The topological polar surface area (TPSA) is 69.6 Å². The van der Waals surface area contributed by atoms with Gasteiger partial charge in [0.15, 0.2) is 0 Å². The predicted molar refractivity (Wildman–Crippen MR) is 70.9 cm³/mol. The van der Waals surface area contributed by atoms with Gasteiger partial charge in [-0.1, -0.05) is 11.6 Å². The molecule has 0 radical (unpaired) electrons. The van der Waals surface area contributed by atoms with Gasteiger partial charge >= 0.3 is 5.97 Å². The van der Waals surface area contributed by atoms with Crippen LogP contribution in [-0.2, 0) is 16.1 Å². The number of carbonyl (C=O) groups excluding carboxylic acids is 1. The summed E-state index contributed by atoms with van der Waals surface area (Å²) in [5.41, 5.74) is 0.611. The predicted octanol–water partition coefficient (Wildman–Crippen LogP) is 1.25. The van der Waals surface area contributed by atoms with Gasteiger partial charge in [-0.05, 0) is 23.8 Å². The standard InChI is InChI=1S/C13H14ClFN2O3/c14-9-3-8(4-10(15)5-9)7-17-2-1-16-13(20)11(17)6-12(18)19/h3-5,11H,1-2,6-7H2,(H,16,20)(H,18,19). The smallest absolute Gasteiger partial charge is 0.305 e. The van der Waals surface area contributed by atoms with Crippen LogP contribution in [-0.4, -0.2) is 41.0 Å². The largest absolute Gasteiger partial charge is 0.481 e. The molecule has 20 heavy (non-hydrogen) atoms. The van der Waals surface area contributed by atoms with E-state index in [0.717, 1.165) is 0 Å². The molecule has 0 saturated carbocycles. The Hall–Kier alpha value is -1.66. The maximum Gasteiger partial charge on any atom is 0.305 e. The van der Waals surface area contributed by atoms with Gasteiger partial charge in [0.2, 0.25) is 5.91 Å². The number of nitrogens with zero attached hydrogens (tertiary/aromatic N) is 1. The number of benzene rings is 1. The molecule has 1 amide bonds. The van der Waals surface area contributed by atoms with Gasteiger partial charge in [-0.2, -0.15) is 0 Å². The Morgan fingerprint density at radius 3 is 2.90 bits per heavy atom. The Kier molecular flexibility index (Phi) is 4.57. The first kappa shape index (κ1) is 14.7. The van der Waals surface area contributed by atoms with Crippen LogP contribution < -0.4 is 5.32 Å². The molecule has 0 aromatic heterocycles. The van der Waals surface area contributed by atoms with Gasteiger partial charge in [-0.25, -0.2) is 4.39 Å². The van der Waals surface area contributed by atoms with Crippen LogP contribution in [0.5, 0.6) is 0 Å². The van der Waals surface area contributed by atoms with Crippen molar-refractivity contribution in [1.82, 2.24) is 10.2 Å². The molecule has 1 aliphatic rings. The molecule has 0 bridgehead atoms. The van der Waals surface area contributed by atoms with Crippen molar-refractivity contribution in [1.29, 1.82) is 0 Å². The monoisotopic (exact) mass is 300 g/mol. The second-order valence-electron chi connectivity index (χ2n) is 4.65. The number of carbonyl (C=O) groups is 2. The van der Waals surface area contributed by atoms with E-state index in [2.05, 4.69) is 5.32 Å². The summed E-state index contributed by atoms with van der Waals surface area (Å²) in [6, 6.07) is 3.39. The molecule has 1 unspecified atom stereocenters. The molecule has 1 aliphatic heterocycles. The van der Waals surface area contributed by atoms with Gasteiger partial charge in [-0.3, -0.25) is 14.5 Å². The number of carboxylic acid groups (broad SMARTS) is 1. The number of rotatable bonds is 4. The maximum atomic E-state index is 13.3. The Balaban J connectivity index is 2.16. The average Bonchev–Trinajstić information content (AvgIpc) is 2.32. The number of nitrogens with one attached hydrogen (secondary N) is 1. The summed E-state index contributed by atoms with van der Waals surface area (Å²) in [6.07, 6.45) is -0.283. The highest BCUT2D eigenvalue weighted by Crippen LogP contribution is 2.18. The van der Waals surface area contributed by atoms with E-state index in [1.807, 2.05) is 0 Å². The SMILES string of the molecule is O=C(O)CC1C(=O)NCCN1Cc1cc(F)cc(Cl)c1. The van der Waals surface area contributed by atoms with Crippen molar-refractivity contribution in [2.45, 2.75) is 19.0 Å². The number of hydrogen-bond acceptors (Lipinski definition) is 3. The molecular weight excluding hydrogens is 287 g/mol. The first-order valence-electron chi connectivity index (χ1n) is 6.14. The average molecular weight is 301 g/mol. The number of hydrogen-bond donors (Lipinski definition) is 2. The molecule has 1 aromatic rings. The van der Waals surface area contributed by atoms with Crippen LogP contribution in [0.25, 0.3) is 0 Å².